The predicted molar refractivity (Wildman–Crippen MR) is 92.8 cm³/mol. The Morgan fingerprint density at radius 2 is 1.70 bits per heavy atom. The van der Waals surface area contributed by atoms with Crippen LogP contribution in [0.25, 0.3) is 0 Å². The van der Waals surface area contributed by atoms with E-state index in [4.69, 9.17) is 11.6 Å². The van der Waals surface area contributed by atoms with Crippen LogP contribution in [0.3, 0.4) is 0 Å². The third-order valence-electron chi connectivity index (χ3n) is 5.38. The van der Waals surface area contributed by atoms with Gasteiger partial charge < -0.3 is 0 Å². The van der Waals surface area contributed by atoms with Crippen molar-refractivity contribution >= 4 is 17.3 Å². The molecule has 0 amide bonds. The normalized spacial score (nSPS) is 19.9. The number of benzene rings is 2. The van der Waals surface area contributed by atoms with Crippen molar-refractivity contribution in [3.63, 3.8) is 0 Å². The topological polar surface area (TPSA) is 36.1 Å². The fourth-order valence-electron chi connectivity index (χ4n) is 4.22. The zero-order valence-corrected chi connectivity index (χ0v) is 13.6. The maximum absolute atomic E-state index is 9.21. The van der Waals surface area contributed by atoms with Crippen molar-refractivity contribution in [1.29, 1.82) is 5.26 Å². The molecule has 0 saturated heterocycles. The minimum atomic E-state index is -0.0260. The van der Waals surface area contributed by atoms with Gasteiger partial charge >= 0.3 is 0 Å². The molecule has 0 N–H and O–H groups in total. The van der Waals surface area contributed by atoms with Gasteiger partial charge in [-0.25, -0.2) is 0 Å². The van der Waals surface area contributed by atoms with Crippen LogP contribution in [0.2, 0.25) is 5.02 Å². The van der Waals surface area contributed by atoms with E-state index in [-0.39, 0.29) is 5.41 Å². The molecule has 0 aromatic heterocycles. The molecule has 3 heteroatoms. The highest BCUT2D eigenvalue weighted by molar-refractivity contribution is 6.31. The molecule has 0 bridgehead atoms. The van der Waals surface area contributed by atoms with E-state index in [0.717, 1.165) is 43.4 Å². The van der Waals surface area contributed by atoms with Crippen molar-refractivity contribution in [2.75, 3.05) is 0 Å². The van der Waals surface area contributed by atoms with E-state index in [1.54, 1.807) is 0 Å². The second-order valence-electron chi connectivity index (χ2n) is 6.59. The number of nitrogens with zero attached hydrogens (tertiary/aromatic N) is 2. The monoisotopic (exact) mass is 320 g/mol. The van der Waals surface area contributed by atoms with Crippen molar-refractivity contribution in [3.05, 3.63) is 69.7 Å². The van der Waals surface area contributed by atoms with Crippen molar-refractivity contribution in [2.24, 2.45) is 10.4 Å². The third-order valence-corrected chi connectivity index (χ3v) is 5.62. The quantitative estimate of drug-likeness (QED) is 0.646. The van der Waals surface area contributed by atoms with Gasteiger partial charge in [0.05, 0.1) is 5.71 Å². The van der Waals surface area contributed by atoms with Crippen LogP contribution in [-0.2, 0) is 19.3 Å². The Morgan fingerprint density at radius 1 is 1.00 bits per heavy atom. The molecule has 1 spiro atoms. The molecule has 0 radical (unpaired) electrons. The Labute approximate surface area is 141 Å². The number of hydrogen-bond donors (Lipinski definition) is 0. The second kappa shape index (κ2) is 5.51. The molecule has 2 nitrogen and oxygen atoms in total. The average Bonchev–Trinajstić information content (AvgIpc) is 2.73. The number of rotatable bonds is 0. The van der Waals surface area contributed by atoms with E-state index in [1.807, 2.05) is 18.3 Å². The minimum Gasteiger partial charge on any atom is -0.177 e. The predicted octanol–water partition coefficient (Wildman–Crippen LogP) is 4.73. The summed E-state index contributed by atoms with van der Waals surface area (Å²) in [5.74, 6) is 0. The summed E-state index contributed by atoms with van der Waals surface area (Å²) in [4.78, 5) is 4.25. The molecule has 2 aliphatic rings. The molecule has 114 valence electrons. The molecule has 0 atom stereocenters. The van der Waals surface area contributed by atoms with Crippen molar-refractivity contribution < 1.29 is 0 Å². The number of fused-ring (bicyclic) bond motifs is 2. The van der Waals surface area contributed by atoms with Gasteiger partial charge in [0.2, 0.25) is 6.19 Å². The Balaban J connectivity index is 1.78. The van der Waals surface area contributed by atoms with Crippen LogP contribution in [0.15, 0.2) is 47.5 Å². The van der Waals surface area contributed by atoms with E-state index in [1.165, 1.54) is 16.7 Å². The molecule has 0 saturated carbocycles. The van der Waals surface area contributed by atoms with Gasteiger partial charge in [0.25, 0.3) is 0 Å². The van der Waals surface area contributed by atoms with E-state index in [9.17, 15) is 5.26 Å². The zero-order chi connectivity index (χ0) is 15.9. The fraction of sp³-hybridized carbons (Fsp3) is 0.300. The lowest BCUT2D eigenvalue weighted by molar-refractivity contribution is 0.376. The molecule has 0 aliphatic heterocycles. The highest BCUT2D eigenvalue weighted by Gasteiger charge is 2.44. The van der Waals surface area contributed by atoms with Crippen molar-refractivity contribution in [1.82, 2.24) is 0 Å². The summed E-state index contributed by atoms with van der Waals surface area (Å²) < 4.78 is 0. The first kappa shape index (κ1) is 14.5. The van der Waals surface area contributed by atoms with Crippen LogP contribution in [0.1, 0.15) is 35.1 Å². The first-order valence-electron chi connectivity index (χ1n) is 8.05. The Bertz CT molecular complexity index is 818. The average molecular weight is 321 g/mol. The van der Waals surface area contributed by atoms with Crippen LogP contribution in [-0.4, -0.2) is 5.71 Å². The SMILES string of the molecule is N#C/N=C1/c2cc(Cl)ccc2CC12CCc1ccccc1CC2. The van der Waals surface area contributed by atoms with E-state index < -0.39 is 0 Å². The van der Waals surface area contributed by atoms with Gasteiger partial charge in [0.15, 0.2) is 0 Å². The van der Waals surface area contributed by atoms with Crippen LogP contribution >= 0.6 is 11.6 Å². The van der Waals surface area contributed by atoms with Gasteiger partial charge in [-0.2, -0.15) is 10.3 Å². The number of halogens is 1. The van der Waals surface area contributed by atoms with Gasteiger partial charge in [0.1, 0.15) is 0 Å². The number of aliphatic imine (C=N–C) groups is 1. The van der Waals surface area contributed by atoms with Crippen LogP contribution in [0, 0.1) is 16.9 Å². The molecule has 4 rings (SSSR count). The van der Waals surface area contributed by atoms with E-state index >= 15 is 0 Å². The number of nitriles is 1. The maximum atomic E-state index is 9.21. The summed E-state index contributed by atoms with van der Waals surface area (Å²) in [5, 5.41) is 9.92. The highest BCUT2D eigenvalue weighted by Crippen LogP contribution is 2.46. The molecule has 2 aromatic rings. The molecule has 23 heavy (non-hydrogen) atoms. The zero-order valence-electron chi connectivity index (χ0n) is 12.8. The lowest BCUT2D eigenvalue weighted by Gasteiger charge is -2.28. The summed E-state index contributed by atoms with van der Waals surface area (Å²) in [6, 6.07) is 14.7. The standard InChI is InChI=1S/C20H17ClN2/c21-17-6-5-16-12-20(19(23-13-22)18(16)11-17)9-7-14-3-1-2-4-15(14)8-10-20/h1-6,11H,7-10,12H2/b23-19-. The molecular weight excluding hydrogens is 304 g/mol. The molecule has 2 aliphatic carbocycles. The summed E-state index contributed by atoms with van der Waals surface area (Å²) in [5.41, 5.74) is 6.15. The van der Waals surface area contributed by atoms with Gasteiger partial charge in [-0.3, -0.25) is 0 Å². The minimum absolute atomic E-state index is 0.0260. The second-order valence-corrected chi connectivity index (χ2v) is 7.02. The molecule has 0 fully saturated rings. The van der Waals surface area contributed by atoms with Gasteiger partial charge in [-0.1, -0.05) is 41.9 Å². The molecular formula is C20H17ClN2. The van der Waals surface area contributed by atoms with Gasteiger partial charge in [-0.15, -0.1) is 0 Å². The van der Waals surface area contributed by atoms with Crippen LogP contribution < -0.4 is 0 Å². The Morgan fingerprint density at radius 3 is 2.35 bits per heavy atom. The number of aryl methyl sites for hydroxylation is 2. The molecule has 2 aromatic carbocycles. The molecule has 0 unspecified atom stereocenters. The van der Waals surface area contributed by atoms with Gasteiger partial charge in [0, 0.05) is 16.0 Å². The third kappa shape index (κ3) is 2.36. The lowest BCUT2D eigenvalue weighted by atomic mass is 9.76. The van der Waals surface area contributed by atoms with Crippen LogP contribution in [0.4, 0.5) is 0 Å². The summed E-state index contributed by atoms with van der Waals surface area (Å²) in [6.07, 6.45) is 7.16. The maximum Gasteiger partial charge on any atom is 0.205 e. The van der Waals surface area contributed by atoms with Gasteiger partial charge in [-0.05, 0) is 60.9 Å². The molecule has 0 heterocycles. The summed E-state index contributed by atoms with van der Waals surface area (Å²) in [7, 11) is 0. The smallest absolute Gasteiger partial charge is 0.177 e. The van der Waals surface area contributed by atoms with Crippen molar-refractivity contribution in [3.8, 4) is 6.19 Å². The van der Waals surface area contributed by atoms with E-state index in [0.29, 0.717) is 5.02 Å². The van der Waals surface area contributed by atoms with Crippen molar-refractivity contribution in [2.45, 2.75) is 32.1 Å². The highest BCUT2D eigenvalue weighted by atomic mass is 35.5. The fourth-order valence-corrected chi connectivity index (χ4v) is 4.39. The largest absolute Gasteiger partial charge is 0.205 e. The Hall–Kier alpha value is -2.11. The lowest BCUT2D eigenvalue weighted by Crippen LogP contribution is -2.29. The first-order chi connectivity index (χ1) is 11.2. The summed E-state index contributed by atoms with van der Waals surface area (Å²) in [6.45, 7) is 0. The van der Waals surface area contributed by atoms with E-state index in [2.05, 4.69) is 35.3 Å². The Kier molecular flexibility index (Phi) is 3.47. The first-order valence-corrected chi connectivity index (χ1v) is 8.42. The summed E-state index contributed by atoms with van der Waals surface area (Å²) >= 11 is 6.18. The van der Waals surface area contributed by atoms with Crippen LogP contribution in [0.5, 0.6) is 0 Å². The number of hydrogen-bond acceptors (Lipinski definition) is 2.